The monoisotopic (exact) mass is 306 g/mol. The molecule has 0 heterocycles. The summed E-state index contributed by atoms with van der Waals surface area (Å²) >= 11 is 0. The smallest absolute Gasteiger partial charge is 0.335 e. The summed E-state index contributed by atoms with van der Waals surface area (Å²) in [6.07, 6.45) is 2.73. The average Bonchev–Trinajstić information content (AvgIpc) is 2.95. The quantitative estimate of drug-likeness (QED) is 0.421. The average molecular weight is 306 g/mol. The lowest BCUT2D eigenvalue weighted by molar-refractivity contribution is -0.131. The number of rotatable bonds is 4. The minimum Gasteiger partial charge on any atom is -0.419 e. The minimum atomic E-state index is -0.614. The lowest BCUT2D eigenvalue weighted by Crippen LogP contribution is -2.10. The Kier molecular flexibility index (Phi) is 3.81. The first kappa shape index (κ1) is 14.8. The van der Waals surface area contributed by atoms with Crippen molar-refractivity contribution in [3.8, 4) is 22.6 Å². The highest BCUT2D eigenvalue weighted by atomic mass is 16.6. The highest BCUT2D eigenvalue weighted by Gasteiger charge is 2.26. The number of carbonyl (C=O) groups excluding carboxylic acids is 2. The Labute approximate surface area is 133 Å². The van der Waals surface area contributed by atoms with Crippen LogP contribution in [0.5, 0.6) is 11.5 Å². The summed E-state index contributed by atoms with van der Waals surface area (Å²) < 4.78 is 10.5. The predicted octanol–water partition coefficient (Wildman–Crippen LogP) is 3.44. The Morgan fingerprint density at radius 2 is 1.61 bits per heavy atom. The van der Waals surface area contributed by atoms with Gasteiger partial charge in [-0.05, 0) is 22.8 Å². The van der Waals surface area contributed by atoms with Crippen molar-refractivity contribution in [2.75, 3.05) is 0 Å². The molecule has 3 rings (SSSR count). The maximum absolute atomic E-state index is 11.7. The predicted molar refractivity (Wildman–Crippen MR) is 86.3 cm³/mol. The summed E-state index contributed by atoms with van der Waals surface area (Å²) in [6.45, 7) is 6.77. The first-order valence-electron chi connectivity index (χ1n) is 7.06. The van der Waals surface area contributed by atoms with Crippen LogP contribution in [0, 0.1) is 0 Å². The molecule has 0 N–H and O–H groups in total. The second kappa shape index (κ2) is 5.93. The van der Waals surface area contributed by atoms with Crippen LogP contribution in [0.2, 0.25) is 0 Å². The zero-order valence-electron chi connectivity index (χ0n) is 12.4. The Morgan fingerprint density at radius 1 is 0.913 bits per heavy atom. The fourth-order valence-corrected chi connectivity index (χ4v) is 2.65. The second-order valence-corrected chi connectivity index (χ2v) is 5.00. The van der Waals surface area contributed by atoms with E-state index in [0.29, 0.717) is 6.42 Å². The van der Waals surface area contributed by atoms with Gasteiger partial charge < -0.3 is 9.47 Å². The van der Waals surface area contributed by atoms with Crippen molar-refractivity contribution in [1.29, 1.82) is 0 Å². The van der Waals surface area contributed by atoms with Crippen LogP contribution in [-0.4, -0.2) is 11.9 Å². The van der Waals surface area contributed by atoms with E-state index in [0.717, 1.165) is 34.4 Å². The molecule has 0 saturated carbocycles. The van der Waals surface area contributed by atoms with E-state index in [1.807, 2.05) is 30.3 Å². The first-order chi connectivity index (χ1) is 11.1. The normalized spacial score (nSPS) is 11.1. The molecule has 0 saturated heterocycles. The van der Waals surface area contributed by atoms with Crippen molar-refractivity contribution >= 4 is 11.9 Å². The molecule has 0 atom stereocenters. The molecule has 0 bridgehead atoms. The van der Waals surface area contributed by atoms with Crippen molar-refractivity contribution in [3.05, 3.63) is 72.8 Å². The van der Waals surface area contributed by atoms with Crippen LogP contribution in [0.3, 0.4) is 0 Å². The van der Waals surface area contributed by atoms with Gasteiger partial charge in [-0.15, -0.1) is 0 Å². The largest absolute Gasteiger partial charge is 0.419 e. The van der Waals surface area contributed by atoms with Crippen LogP contribution in [0.15, 0.2) is 61.7 Å². The minimum absolute atomic E-state index is 0.191. The summed E-state index contributed by atoms with van der Waals surface area (Å²) in [6, 6.07) is 11.4. The Morgan fingerprint density at radius 3 is 2.35 bits per heavy atom. The van der Waals surface area contributed by atoms with Gasteiger partial charge in [0.2, 0.25) is 0 Å². The summed E-state index contributed by atoms with van der Waals surface area (Å²) in [5.74, 6) is -0.780. The van der Waals surface area contributed by atoms with E-state index >= 15 is 0 Å². The van der Waals surface area contributed by atoms with Crippen molar-refractivity contribution in [2.45, 2.75) is 6.42 Å². The number of benzene rings is 2. The number of fused-ring (bicyclic) bond motifs is 3. The zero-order valence-corrected chi connectivity index (χ0v) is 12.4. The van der Waals surface area contributed by atoms with Gasteiger partial charge in [0.05, 0.1) is 0 Å². The molecule has 23 heavy (non-hydrogen) atoms. The third-order valence-corrected chi connectivity index (χ3v) is 3.65. The van der Waals surface area contributed by atoms with Crippen LogP contribution in [0.4, 0.5) is 0 Å². The van der Waals surface area contributed by atoms with Crippen LogP contribution in [-0.2, 0) is 16.0 Å². The molecule has 114 valence electrons. The maximum atomic E-state index is 11.7. The maximum Gasteiger partial charge on any atom is 0.335 e. The number of ether oxygens (including phenoxy) is 2. The lowest BCUT2D eigenvalue weighted by Gasteiger charge is -2.13. The molecule has 4 nitrogen and oxygen atoms in total. The Bertz CT molecular complexity index is 833. The van der Waals surface area contributed by atoms with Crippen LogP contribution in [0.25, 0.3) is 11.1 Å². The molecule has 1 aliphatic carbocycles. The van der Waals surface area contributed by atoms with E-state index in [2.05, 4.69) is 13.2 Å². The summed E-state index contributed by atoms with van der Waals surface area (Å²) in [7, 11) is 0. The van der Waals surface area contributed by atoms with E-state index in [1.54, 1.807) is 6.07 Å². The van der Waals surface area contributed by atoms with E-state index < -0.39 is 11.9 Å². The van der Waals surface area contributed by atoms with E-state index in [1.165, 1.54) is 0 Å². The lowest BCUT2D eigenvalue weighted by atomic mass is 10.1. The number of carbonyl (C=O) groups is 2. The van der Waals surface area contributed by atoms with Gasteiger partial charge in [-0.1, -0.05) is 43.5 Å². The molecule has 2 aromatic carbocycles. The van der Waals surface area contributed by atoms with Crippen molar-refractivity contribution in [1.82, 2.24) is 0 Å². The van der Waals surface area contributed by atoms with E-state index in [4.69, 9.17) is 9.47 Å². The molecule has 0 unspecified atom stereocenters. The number of hydrogen-bond acceptors (Lipinski definition) is 4. The first-order valence-corrected chi connectivity index (χ1v) is 7.06. The third-order valence-electron chi connectivity index (χ3n) is 3.65. The van der Waals surface area contributed by atoms with Gasteiger partial charge in [0, 0.05) is 24.1 Å². The van der Waals surface area contributed by atoms with Crippen molar-refractivity contribution < 1.29 is 19.1 Å². The highest BCUT2D eigenvalue weighted by Crippen LogP contribution is 2.45. The van der Waals surface area contributed by atoms with Crippen LogP contribution < -0.4 is 9.47 Å². The fraction of sp³-hybridized carbons (Fsp3) is 0.0526. The molecule has 0 fully saturated rings. The SMILES string of the molecule is C=CC(=O)Oc1ccc2c(c1OC(=O)C=C)Cc1ccccc1-2. The topological polar surface area (TPSA) is 52.6 Å². The number of esters is 2. The summed E-state index contributed by atoms with van der Waals surface area (Å²) in [5, 5.41) is 0. The third kappa shape index (κ3) is 2.66. The number of hydrogen-bond donors (Lipinski definition) is 0. The van der Waals surface area contributed by atoms with Crippen molar-refractivity contribution in [2.24, 2.45) is 0 Å². The van der Waals surface area contributed by atoms with E-state index in [-0.39, 0.29) is 11.5 Å². The zero-order chi connectivity index (χ0) is 16.4. The molecule has 0 spiro atoms. The van der Waals surface area contributed by atoms with E-state index in [9.17, 15) is 9.59 Å². The molecule has 4 heteroatoms. The molecular weight excluding hydrogens is 292 g/mol. The standard InChI is InChI=1S/C19H14O4/c1-3-17(20)22-16-10-9-14-13-8-6-5-7-12(13)11-15(14)19(16)23-18(21)4-2/h3-10H,1-2,11H2. The molecule has 2 aromatic rings. The molecule has 0 aromatic heterocycles. The Balaban J connectivity index is 2.12. The second-order valence-electron chi connectivity index (χ2n) is 5.00. The molecule has 0 amide bonds. The summed E-state index contributed by atoms with van der Waals surface area (Å²) in [4.78, 5) is 23.2. The van der Waals surface area contributed by atoms with Crippen molar-refractivity contribution in [3.63, 3.8) is 0 Å². The van der Waals surface area contributed by atoms with Gasteiger partial charge in [-0.25, -0.2) is 9.59 Å². The molecule has 0 aliphatic heterocycles. The van der Waals surface area contributed by atoms with Crippen LogP contribution in [0.1, 0.15) is 11.1 Å². The molecular formula is C19H14O4. The van der Waals surface area contributed by atoms with Crippen LogP contribution >= 0.6 is 0 Å². The molecule has 1 aliphatic rings. The van der Waals surface area contributed by atoms with Gasteiger partial charge in [0.25, 0.3) is 0 Å². The van der Waals surface area contributed by atoms with Gasteiger partial charge in [-0.2, -0.15) is 0 Å². The fourth-order valence-electron chi connectivity index (χ4n) is 2.65. The highest BCUT2D eigenvalue weighted by molar-refractivity contribution is 5.89. The van der Waals surface area contributed by atoms with Gasteiger partial charge in [0.1, 0.15) is 0 Å². The van der Waals surface area contributed by atoms with Gasteiger partial charge >= 0.3 is 11.9 Å². The van der Waals surface area contributed by atoms with Gasteiger partial charge in [-0.3, -0.25) is 0 Å². The summed E-state index contributed by atoms with van der Waals surface area (Å²) in [5.41, 5.74) is 3.99. The molecule has 0 radical (unpaired) electrons. The van der Waals surface area contributed by atoms with Gasteiger partial charge in [0.15, 0.2) is 11.5 Å². The Hall–Kier alpha value is -3.14.